The van der Waals surface area contributed by atoms with Crippen LogP contribution in [-0.4, -0.2) is 79.8 Å². The van der Waals surface area contributed by atoms with E-state index in [-0.39, 0.29) is 24.1 Å². The van der Waals surface area contributed by atoms with Gasteiger partial charge in [0.15, 0.2) is 11.5 Å². The number of carbonyl (C=O) groups excluding carboxylic acids is 1. The molecule has 9 nitrogen and oxygen atoms in total. The molecule has 0 unspecified atom stereocenters. The second-order valence-corrected chi connectivity index (χ2v) is 10.8. The van der Waals surface area contributed by atoms with E-state index in [1.807, 2.05) is 6.20 Å². The maximum absolute atomic E-state index is 13.8. The monoisotopic (exact) mass is 598 g/mol. The second kappa shape index (κ2) is 12.3. The lowest BCUT2D eigenvalue weighted by Crippen LogP contribution is -2.43. The lowest BCUT2D eigenvalue weighted by molar-refractivity contribution is 0.0794. The highest BCUT2D eigenvalue weighted by atomic mass is 79.9. The predicted octanol–water partition coefficient (Wildman–Crippen LogP) is 4.80. The van der Waals surface area contributed by atoms with E-state index in [1.54, 1.807) is 17.0 Å². The molecule has 0 aliphatic carbocycles. The second-order valence-electron chi connectivity index (χ2n) is 10.0. The summed E-state index contributed by atoms with van der Waals surface area (Å²) in [7, 11) is 1.52. The number of carboxylic acid groups (broad SMARTS) is 1. The van der Waals surface area contributed by atoms with Crippen molar-refractivity contribution in [3.63, 3.8) is 0 Å². The van der Waals surface area contributed by atoms with Gasteiger partial charge in [0.25, 0.3) is 5.91 Å². The van der Waals surface area contributed by atoms with Crippen LogP contribution in [0.4, 0.5) is 16.2 Å². The maximum atomic E-state index is 13.8. The number of amides is 2. The number of anilines is 2. The normalized spacial score (nSPS) is 18.8. The third-order valence-electron chi connectivity index (χ3n) is 7.56. The molecular weight excluding hydrogens is 564 g/mol. The fourth-order valence-corrected chi connectivity index (χ4v) is 5.85. The van der Waals surface area contributed by atoms with Crippen molar-refractivity contribution in [3.8, 4) is 11.5 Å². The predicted molar refractivity (Wildman–Crippen MR) is 156 cm³/mol. The number of rotatable bonds is 9. The number of methoxy groups -OCH3 is 1. The third-order valence-corrected chi connectivity index (χ3v) is 8.12. The Kier molecular flexibility index (Phi) is 8.62. The van der Waals surface area contributed by atoms with Crippen molar-refractivity contribution in [1.82, 2.24) is 10.2 Å². The van der Waals surface area contributed by atoms with Crippen molar-refractivity contribution in [2.24, 2.45) is 0 Å². The molecule has 1 saturated heterocycles. The highest BCUT2D eigenvalue weighted by Gasteiger charge is 2.39. The Morgan fingerprint density at radius 3 is 2.56 bits per heavy atom. The summed E-state index contributed by atoms with van der Waals surface area (Å²) in [5.74, 6) is 0.614. The van der Waals surface area contributed by atoms with Gasteiger partial charge < -0.3 is 29.7 Å². The minimum atomic E-state index is -1.10. The summed E-state index contributed by atoms with van der Waals surface area (Å²) in [5.41, 5.74) is 3.86. The van der Waals surface area contributed by atoms with E-state index >= 15 is 0 Å². The van der Waals surface area contributed by atoms with E-state index < -0.39 is 6.09 Å². The van der Waals surface area contributed by atoms with Gasteiger partial charge in [0, 0.05) is 49.5 Å². The molecule has 2 aromatic rings. The largest absolute Gasteiger partial charge is 0.493 e. The zero-order valence-electron chi connectivity index (χ0n) is 22.2. The first-order valence-corrected chi connectivity index (χ1v) is 14.6. The van der Waals surface area contributed by atoms with Crippen LogP contribution in [-0.2, 0) is 0 Å². The van der Waals surface area contributed by atoms with Crippen molar-refractivity contribution >= 4 is 44.9 Å². The molecule has 0 aromatic heterocycles. The number of hydrogen-bond acceptors (Lipinski definition) is 6. The van der Waals surface area contributed by atoms with Gasteiger partial charge in [-0.15, -0.1) is 0 Å². The van der Waals surface area contributed by atoms with Gasteiger partial charge in [-0.2, -0.15) is 0 Å². The summed E-state index contributed by atoms with van der Waals surface area (Å²) in [4.78, 5) is 31.5. The average molecular weight is 600 g/mol. The molecule has 2 aromatic carbocycles. The Morgan fingerprint density at radius 2 is 1.87 bits per heavy atom. The van der Waals surface area contributed by atoms with Crippen LogP contribution in [0.5, 0.6) is 11.5 Å². The molecular formula is C29H35BrN4O5. The van der Waals surface area contributed by atoms with E-state index in [4.69, 9.17) is 9.47 Å². The van der Waals surface area contributed by atoms with E-state index in [0.717, 1.165) is 61.9 Å². The molecule has 2 N–H and O–H groups in total. The number of hydrogen-bond donors (Lipinski definition) is 2. The number of fused-ring (bicyclic) bond motifs is 2. The third kappa shape index (κ3) is 5.86. The lowest BCUT2D eigenvalue weighted by Gasteiger charge is -2.29. The number of ether oxygens (including phenoxy) is 2. The van der Waals surface area contributed by atoms with Crippen molar-refractivity contribution in [3.05, 3.63) is 53.7 Å². The molecule has 2 amide bonds. The van der Waals surface area contributed by atoms with Crippen LogP contribution in [0.25, 0.3) is 5.57 Å². The van der Waals surface area contributed by atoms with Crippen molar-refractivity contribution in [1.29, 1.82) is 0 Å². The summed E-state index contributed by atoms with van der Waals surface area (Å²) < 4.78 is 11.5. The fraction of sp³-hybridized carbons (Fsp3) is 0.448. The molecule has 0 saturated carbocycles. The SMILES string of the molecule is COc1cc2c(cc1OCCCCCBr)N(C(=O)O)C[C@@H]1CC(c3ccc(N4CCNCC4)cc3)=CN1C2=O. The molecule has 3 aliphatic heterocycles. The first-order valence-electron chi connectivity index (χ1n) is 13.5. The maximum Gasteiger partial charge on any atom is 0.411 e. The summed E-state index contributed by atoms with van der Waals surface area (Å²) >= 11 is 3.43. The van der Waals surface area contributed by atoms with Gasteiger partial charge in [-0.05, 0) is 55.0 Å². The topological polar surface area (TPSA) is 94.6 Å². The van der Waals surface area contributed by atoms with Crippen LogP contribution in [0.2, 0.25) is 0 Å². The number of benzene rings is 2. The van der Waals surface area contributed by atoms with Gasteiger partial charge in [-0.3, -0.25) is 9.69 Å². The first-order chi connectivity index (χ1) is 19.0. The molecule has 0 spiro atoms. The van der Waals surface area contributed by atoms with Gasteiger partial charge in [0.1, 0.15) is 0 Å². The smallest absolute Gasteiger partial charge is 0.411 e. The van der Waals surface area contributed by atoms with E-state index in [1.165, 1.54) is 17.7 Å². The van der Waals surface area contributed by atoms with Crippen LogP contribution >= 0.6 is 15.9 Å². The van der Waals surface area contributed by atoms with Crippen molar-refractivity contribution in [2.45, 2.75) is 31.7 Å². The van der Waals surface area contributed by atoms with Crippen LogP contribution < -0.4 is 24.6 Å². The highest BCUT2D eigenvalue weighted by molar-refractivity contribution is 9.09. The summed E-state index contributed by atoms with van der Waals surface area (Å²) in [6.45, 7) is 4.56. The van der Waals surface area contributed by atoms with Gasteiger partial charge in [0.2, 0.25) is 0 Å². The zero-order chi connectivity index (χ0) is 27.4. The standard InChI is InChI=1S/C29H35BrN4O5/c1-38-26-16-24-25(17-27(26)39-14-4-2-3-9-30)34(29(36)37)19-23-15-21(18-33(23)28(24)35)20-5-7-22(8-6-20)32-12-10-31-11-13-32/h5-8,16-18,23,31H,2-4,9-15,19H2,1H3,(H,36,37)/t23-/m0/s1. The Morgan fingerprint density at radius 1 is 1.10 bits per heavy atom. The Balaban J connectivity index is 1.40. The minimum Gasteiger partial charge on any atom is -0.493 e. The molecule has 10 heteroatoms. The Labute approximate surface area is 237 Å². The molecule has 1 fully saturated rings. The lowest BCUT2D eigenvalue weighted by atomic mass is 10.0. The quantitative estimate of drug-likeness (QED) is 0.316. The van der Waals surface area contributed by atoms with E-state index in [0.29, 0.717) is 30.2 Å². The number of alkyl halides is 1. The fourth-order valence-electron chi connectivity index (χ4n) is 5.46. The highest BCUT2D eigenvalue weighted by Crippen LogP contribution is 2.41. The van der Waals surface area contributed by atoms with Crippen molar-refractivity contribution in [2.75, 3.05) is 61.6 Å². The van der Waals surface area contributed by atoms with Crippen LogP contribution in [0.3, 0.4) is 0 Å². The number of unbranched alkanes of at least 4 members (excludes halogenated alkanes) is 2. The minimum absolute atomic E-state index is 0.171. The summed E-state index contributed by atoms with van der Waals surface area (Å²) in [5, 5.41) is 14.5. The zero-order valence-corrected chi connectivity index (χ0v) is 23.8. The van der Waals surface area contributed by atoms with Crippen LogP contribution in [0, 0.1) is 0 Å². The van der Waals surface area contributed by atoms with Gasteiger partial charge >= 0.3 is 6.09 Å². The molecule has 0 bridgehead atoms. The van der Waals surface area contributed by atoms with E-state index in [9.17, 15) is 14.7 Å². The van der Waals surface area contributed by atoms with Gasteiger partial charge in [-0.25, -0.2) is 4.79 Å². The Hall–Kier alpha value is -3.24. The first kappa shape index (κ1) is 27.3. The number of carbonyl (C=O) groups is 2. The molecule has 5 rings (SSSR count). The number of piperazine rings is 1. The number of nitrogens with one attached hydrogen (secondary N) is 1. The molecule has 1 atom stereocenters. The molecule has 0 radical (unpaired) electrons. The van der Waals surface area contributed by atoms with Gasteiger partial charge in [-0.1, -0.05) is 28.1 Å². The average Bonchev–Trinajstić information content (AvgIpc) is 3.35. The molecule has 3 heterocycles. The summed E-state index contributed by atoms with van der Waals surface area (Å²) in [6.07, 6.45) is 4.29. The Bertz CT molecular complexity index is 1230. The number of nitrogens with zero attached hydrogens (tertiary/aromatic N) is 3. The molecule has 3 aliphatic rings. The van der Waals surface area contributed by atoms with Crippen LogP contribution in [0.1, 0.15) is 41.6 Å². The van der Waals surface area contributed by atoms with E-state index in [2.05, 4.69) is 50.4 Å². The molecule has 39 heavy (non-hydrogen) atoms. The van der Waals surface area contributed by atoms with Crippen molar-refractivity contribution < 1.29 is 24.2 Å². The summed E-state index contributed by atoms with van der Waals surface area (Å²) in [6, 6.07) is 11.4. The number of halogens is 1. The van der Waals surface area contributed by atoms with Gasteiger partial charge in [0.05, 0.1) is 37.6 Å². The molecule has 208 valence electrons. The van der Waals surface area contributed by atoms with Crippen LogP contribution in [0.15, 0.2) is 42.6 Å².